The standard InChI is InChI=1S/C54H41N5/c1-54(2)45-22-12-9-19-39(45)40-30-29-38(31-46(40)54)59-48-24-14-11-21-42(48)44-32-43-41-20-10-13-23-47(41)58(49(43)33-50(44)59)37-27-25-36(26-28-37)53-56-51(34-15-5-3-6-16-34)55-52(57-53)35-17-7-4-8-18-35/h3-25,27,29-33,51H,26,28H2,1-2H3,(H,55,56,57). The van der Waals surface area contributed by atoms with E-state index in [2.05, 4.69) is 192 Å². The Morgan fingerprint density at radius 2 is 1.19 bits per heavy atom. The Kier molecular flexibility index (Phi) is 7.40. The molecule has 59 heavy (non-hydrogen) atoms. The van der Waals surface area contributed by atoms with Crippen LogP contribution in [0.3, 0.4) is 0 Å². The molecule has 0 fully saturated rings. The van der Waals surface area contributed by atoms with Crippen molar-refractivity contribution in [2.24, 2.45) is 9.98 Å². The Balaban J connectivity index is 1.02. The number of aliphatic imine (C=N–C) groups is 2. The highest BCUT2D eigenvalue weighted by atomic mass is 15.2. The molecule has 1 unspecified atom stereocenters. The maximum atomic E-state index is 5.19. The lowest BCUT2D eigenvalue weighted by Crippen LogP contribution is -2.33. The Morgan fingerprint density at radius 1 is 0.542 bits per heavy atom. The third kappa shape index (κ3) is 5.17. The van der Waals surface area contributed by atoms with Crippen LogP contribution in [0.5, 0.6) is 0 Å². The van der Waals surface area contributed by atoms with Crippen LogP contribution in [0.15, 0.2) is 192 Å². The van der Waals surface area contributed by atoms with Gasteiger partial charge in [0.15, 0.2) is 5.84 Å². The van der Waals surface area contributed by atoms with Crippen molar-refractivity contribution < 1.29 is 0 Å². The number of fused-ring (bicyclic) bond motifs is 9. The maximum Gasteiger partial charge on any atom is 0.155 e. The van der Waals surface area contributed by atoms with Crippen LogP contribution in [0.2, 0.25) is 0 Å². The molecule has 0 bridgehead atoms. The van der Waals surface area contributed by atoms with Crippen LogP contribution in [-0.4, -0.2) is 20.8 Å². The van der Waals surface area contributed by atoms with Crippen LogP contribution in [-0.2, 0) is 5.41 Å². The number of nitrogens with zero attached hydrogens (tertiary/aromatic N) is 4. The summed E-state index contributed by atoms with van der Waals surface area (Å²) in [5.74, 6) is 1.64. The molecule has 5 nitrogen and oxygen atoms in total. The lowest BCUT2D eigenvalue weighted by Gasteiger charge is -2.25. The SMILES string of the molecule is CC1(C)c2ccccc2-c2ccc(-n3c4ccccc4c4cc5c6ccccc6n(C6=CC=C(C7=NC(c8ccccc8)NC(c8ccccc8)=N7)CC6)c5cc43)cc21. The van der Waals surface area contributed by atoms with E-state index in [1.807, 2.05) is 12.1 Å². The smallest absolute Gasteiger partial charge is 0.155 e. The number of hydrogen-bond acceptors (Lipinski definition) is 3. The van der Waals surface area contributed by atoms with Crippen molar-refractivity contribution in [2.45, 2.75) is 38.3 Å². The highest BCUT2D eigenvalue weighted by molar-refractivity contribution is 6.20. The van der Waals surface area contributed by atoms with Gasteiger partial charge >= 0.3 is 0 Å². The molecule has 7 aromatic carbocycles. The van der Waals surface area contributed by atoms with Crippen molar-refractivity contribution in [3.8, 4) is 16.8 Å². The largest absolute Gasteiger partial charge is 0.344 e. The van der Waals surface area contributed by atoms with Crippen LogP contribution >= 0.6 is 0 Å². The predicted octanol–water partition coefficient (Wildman–Crippen LogP) is 12.9. The van der Waals surface area contributed by atoms with Crippen molar-refractivity contribution in [2.75, 3.05) is 0 Å². The molecule has 3 aliphatic rings. The Hall–Kier alpha value is -7.24. The minimum absolute atomic E-state index is 0.0865. The molecule has 0 saturated heterocycles. The van der Waals surface area contributed by atoms with Crippen molar-refractivity contribution >= 4 is 61.0 Å². The molecule has 1 aliphatic heterocycles. The van der Waals surface area contributed by atoms with Crippen LogP contribution in [0.1, 0.15) is 55.1 Å². The minimum atomic E-state index is -0.219. The van der Waals surface area contributed by atoms with E-state index in [1.165, 1.54) is 77.2 Å². The van der Waals surface area contributed by atoms with E-state index in [0.29, 0.717) is 0 Å². The fourth-order valence-electron chi connectivity index (χ4n) is 9.99. The number of amidine groups is 2. The zero-order valence-electron chi connectivity index (χ0n) is 33.0. The summed E-state index contributed by atoms with van der Waals surface area (Å²) in [4.78, 5) is 10.3. The molecule has 1 atom stereocenters. The highest BCUT2D eigenvalue weighted by Crippen LogP contribution is 2.50. The molecule has 5 heteroatoms. The molecular formula is C54H41N5. The van der Waals surface area contributed by atoms with Crippen molar-refractivity contribution in [3.05, 3.63) is 204 Å². The zero-order chi connectivity index (χ0) is 39.2. The molecule has 2 aromatic heterocycles. The van der Waals surface area contributed by atoms with E-state index in [0.717, 1.165) is 41.2 Å². The second-order valence-corrected chi connectivity index (χ2v) is 16.6. The number of aromatic nitrogens is 2. The summed E-state index contributed by atoms with van der Waals surface area (Å²) in [7, 11) is 0. The molecule has 12 rings (SSSR count). The third-order valence-corrected chi connectivity index (χ3v) is 12.9. The van der Waals surface area contributed by atoms with Gasteiger partial charge in [-0.25, -0.2) is 9.98 Å². The number of rotatable bonds is 5. The van der Waals surface area contributed by atoms with Gasteiger partial charge in [0.2, 0.25) is 0 Å². The molecule has 0 amide bonds. The second kappa shape index (κ2) is 12.9. The number of allylic oxidation sites excluding steroid dienone is 3. The van der Waals surface area contributed by atoms with E-state index < -0.39 is 0 Å². The fraction of sp³-hybridized carbons (Fsp3) is 0.111. The summed E-state index contributed by atoms with van der Waals surface area (Å²) in [6, 6.07) is 59.4. The van der Waals surface area contributed by atoms with E-state index in [1.54, 1.807) is 0 Å². The third-order valence-electron chi connectivity index (χ3n) is 12.9. The Morgan fingerprint density at radius 3 is 1.93 bits per heavy atom. The van der Waals surface area contributed by atoms with Crippen LogP contribution in [0, 0.1) is 0 Å². The van der Waals surface area contributed by atoms with Crippen molar-refractivity contribution in [3.63, 3.8) is 0 Å². The molecule has 0 saturated carbocycles. The maximum absolute atomic E-state index is 5.19. The topological polar surface area (TPSA) is 46.6 Å². The summed E-state index contributed by atoms with van der Waals surface area (Å²) >= 11 is 0. The van der Waals surface area contributed by atoms with E-state index >= 15 is 0 Å². The summed E-state index contributed by atoms with van der Waals surface area (Å²) in [5.41, 5.74) is 16.0. The minimum Gasteiger partial charge on any atom is -0.344 e. The molecule has 0 spiro atoms. The average Bonchev–Trinajstić information content (AvgIpc) is 3.88. The normalized spacial score (nSPS) is 17.0. The molecule has 2 aliphatic carbocycles. The van der Waals surface area contributed by atoms with Crippen molar-refractivity contribution in [1.82, 2.24) is 14.5 Å². The second-order valence-electron chi connectivity index (χ2n) is 16.6. The van der Waals surface area contributed by atoms with E-state index in [-0.39, 0.29) is 11.6 Å². The summed E-state index contributed by atoms with van der Waals surface area (Å²) in [5, 5.41) is 8.66. The van der Waals surface area contributed by atoms with Gasteiger partial charge in [0.1, 0.15) is 12.0 Å². The zero-order valence-corrected chi connectivity index (χ0v) is 33.0. The van der Waals surface area contributed by atoms with Gasteiger partial charge in [-0.1, -0.05) is 147 Å². The number of nitrogens with one attached hydrogen (secondary N) is 1. The Bertz CT molecular complexity index is 3320. The number of benzene rings is 7. The molecule has 282 valence electrons. The van der Waals surface area contributed by atoms with Crippen LogP contribution in [0.25, 0.3) is 66.1 Å². The molecular weight excluding hydrogens is 719 g/mol. The van der Waals surface area contributed by atoms with Gasteiger partial charge < -0.3 is 14.5 Å². The molecule has 3 heterocycles. The lowest BCUT2D eigenvalue weighted by molar-refractivity contribution is 0.660. The first-order valence-corrected chi connectivity index (χ1v) is 20.7. The van der Waals surface area contributed by atoms with Crippen LogP contribution in [0.4, 0.5) is 0 Å². The summed E-state index contributed by atoms with van der Waals surface area (Å²) < 4.78 is 4.98. The first-order valence-electron chi connectivity index (χ1n) is 20.7. The number of para-hydroxylation sites is 2. The van der Waals surface area contributed by atoms with Gasteiger partial charge in [0, 0.05) is 43.9 Å². The summed E-state index contributed by atoms with van der Waals surface area (Å²) in [6.45, 7) is 4.72. The first-order chi connectivity index (χ1) is 29.0. The van der Waals surface area contributed by atoms with Gasteiger partial charge in [0.25, 0.3) is 0 Å². The first kappa shape index (κ1) is 33.9. The van der Waals surface area contributed by atoms with E-state index in [4.69, 9.17) is 9.98 Å². The highest BCUT2D eigenvalue weighted by Gasteiger charge is 2.35. The molecule has 0 radical (unpaired) electrons. The van der Waals surface area contributed by atoms with Gasteiger partial charge in [-0.15, -0.1) is 0 Å². The fourth-order valence-corrected chi connectivity index (χ4v) is 9.99. The van der Waals surface area contributed by atoms with Gasteiger partial charge in [0.05, 0.1) is 22.1 Å². The summed E-state index contributed by atoms with van der Waals surface area (Å²) in [6.07, 6.45) is 6.02. The van der Waals surface area contributed by atoms with Crippen molar-refractivity contribution in [1.29, 1.82) is 0 Å². The molecule has 9 aromatic rings. The van der Waals surface area contributed by atoms with Gasteiger partial charge in [-0.3, -0.25) is 0 Å². The average molecular weight is 760 g/mol. The monoisotopic (exact) mass is 759 g/mol. The predicted molar refractivity (Wildman–Crippen MR) is 246 cm³/mol. The molecule has 1 N–H and O–H groups in total. The van der Waals surface area contributed by atoms with E-state index in [9.17, 15) is 0 Å². The lowest BCUT2D eigenvalue weighted by atomic mass is 9.82. The van der Waals surface area contributed by atoms with Gasteiger partial charge in [-0.2, -0.15) is 0 Å². The number of hydrogen-bond donors (Lipinski definition) is 1. The quantitative estimate of drug-likeness (QED) is 0.187. The van der Waals surface area contributed by atoms with Gasteiger partial charge in [-0.05, 0) is 88.7 Å². The van der Waals surface area contributed by atoms with Crippen LogP contribution < -0.4 is 5.32 Å². The Labute approximate surface area is 343 Å².